The molecule has 1 aliphatic carbocycles. The van der Waals surface area contributed by atoms with Gasteiger partial charge in [-0.1, -0.05) is 30.3 Å². The summed E-state index contributed by atoms with van der Waals surface area (Å²) in [5, 5.41) is 5.82. The van der Waals surface area contributed by atoms with Crippen molar-refractivity contribution in [2.24, 2.45) is 17.8 Å². The number of carbonyl (C=O) groups excluding carboxylic acids is 3. The molecule has 14 heteroatoms. The zero-order valence-corrected chi connectivity index (χ0v) is 32.7. The number of nitrogens with zero attached hydrogens (tertiary/aromatic N) is 1. The maximum Gasteiger partial charge on any atom is 0.407 e. The van der Waals surface area contributed by atoms with E-state index in [1.165, 1.54) is 4.31 Å². The van der Waals surface area contributed by atoms with Crippen molar-refractivity contribution in [3.8, 4) is 11.1 Å². The highest BCUT2D eigenvalue weighted by Crippen LogP contribution is 2.33. The van der Waals surface area contributed by atoms with Crippen LogP contribution in [0.15, 0.2) is 70.4 Å². The highest BCUT2D eigenvalue weighted by molar-refractivity contribution is 7.89. The van der Waals surface area contributed by atoms with Crippen LogP contribution in [0.4, 0.5) is 10.5 Å². The van der Waals surface area contributed by atoms with Crippen LogP contribution in [0.3, 0.4) is 0 Å². The number of hydrogen-bond donors (Lipinski definition) is 4. The quantitative estimate of drug-likeness (QED) is 0.137. The first-order valence-electron chi connectivity index (χ1n) is 18.9. The second-order valence-electron chi connectivity index (χ2n) is 15.7. The van der Waals surface area contributed by atoms with E-state index in [4.69, 9.17) is 9.47 Å². The summed E-state index contributed by atoms with van der Waals surface area (Å²) >= 11 is 0. The van der Waals surface area contributed by atoms with Crippen LogP contribution in [0.2, 0.25) is 0 Å². The third-order valence-corrected chi connectivity index (χ3v) is 12.3. The average Bonchev–Trinajstić information content (AvgIpc) is 3.53. The highest BCUT2D eigenvalue weighted by Gasteiger charge is 2.31. The van der Waals surface area contributed by atoms with E-state index in [2.05, 4.69) is 20.6 Å². The van der Waals surface area contributed by atoms with E-state index in [9.17, 15) is 27.6 Å². The number of rotatable bonds is 12. The van der Waals surface area contributed by atoms with Gasteiger partial charge in [0.25, 0.3) is 0 Å². The first-order valence-corrected chi connectivity index (χ1v) is 20.4. The molecule has 55 heavy (non-hydrogen) atoms. The molecule has 0 bridgehead atoms. The number of imidazole rings is 1. The Hall–Kier alpha value is -4.79. The Morgan fingerprint density at radius 1 is 0.927 bits per heavy atom. The molecular weight excluding hydrogens is 723 g/mol. The molecule has 1 aliphatic heterocycles. The smallest absolute Gasteiger partial charge is 0.407 e. The van der Waals surface area contributed by atoms with Gasteiger partial charge in [0.15, 0.2) is 0 Å². The van der Waals surface area contributed by atoms with Crippen molar-refractivity contribution in [3.63, 3.8) is 0 Å². The van der Waals surface area contributed by atoms with Crippen molar-refractivity contribution in [1.29, 1.82) is 0 Å². The van der Waals surface area contributed by atoms with Crippen molar-refractivity contribution in [3.05, 3.63) is 82.3 Å². The molecule has 1 saturated carbocycles. The van der Waals surface area contributed by atoms with E-state index < -0.39 is 27.6 Å². The number of hydrogen-bond acceptors (Lipinski definition) is 8. The number of alkyl carbamates (subject to hydrolysis) is 1. The lowest BCUT2D eigenvalue weighted by molar-refractivity contribution is -0.129. The minimum atomic E-state index is -3.68. The fourth-order valence-corrected chi connectivity index (χ4v) is 8.80. The number of aromatic nitrogens is 2. The molecule has 4 N–H and O–H groups in total. The molecule has 13 nitrogen and oxygen atoms in total. The van der Waals surface area contributed by atoms with Gasteiger partial charge in [0.05, 0.1) is 29.1 Å². The summed E-state index contributed by atoms with van der Waals surface area (Å²) in [7, 11) is -3.68. The van der Waals surface area contributed by atoms with Crippen molar-refractivity contribution < 1.29 is 32.3 Å². The number of nitrogens with one attached hydrogen (secondary N) is 4. The summed E-state index contributed by atoms with van der Waals surface area (Å²) in [4.78, 5) is 57.3. The number of aryl methyl sites for hydroxylation is 1. The third-order valence-electron chi connectivity index (χ3n) is 10.4. The Morgan fingerprint density at radius 2 is 1.62 bits per heavy atom. The molecule has 0 unspecified atom stereocenters. The van der Waals surface area contributed by atoms with E-state index in [1.54, 1.807) is 30.3 Å². The van der Waals surface area contributed by atoms with Crippen LogP contribution < -0.4 is 16.3 Å². The summed E-state index contributed by atoms with van der Waals surface area (Å²) < 4.78 is 38.9. The van der Waals surface area contributed by atoms with E-state index in [1.807, 2.05) is 58.0 Å². The molecule has 2 amide bonds. The molecular formula is C41H51N5O8S. The van der Waals surface area contributed by atoms with Crippen LogP contribution in [0.5, 0.6) is 0 Å². The molecule has 4 aromatic rings. The molecule has 1 aromatic heterocycles. The lowest BCUT2D eigenvalue weighted by Crippen LogP contribution is -2.40. The molecule has 1 atom stereocenters. The number of benzene rings is 3. The normalized spacial score (nSPS) is 18.8. The second kappa shape index (κ2) is 16.9. The monoisotopic (exact) mass is 773 g/mol. The molecule has 2 fully saturated rings. The van der Waals surface area contributed by atoms with Gasteiger partial charge in [0.1, 0.15) is 11.4 Å². The Kier molecular flexibility index (Phi) is 12.3. The van der Waals surface area contributed by atoms with Crippen LogP contribution >= 0.6 is 0 Å². The minimum absolute atomic E-state index is 0.0367. The Bertz CT molecular complexity index is 2170. The first kappa shape index (κ1) is 39.9. The second-order valence-corrected chi connectivity index (χ2v) is 17.6. The fraction of sp³-hybridized carbons (Fsp3) is 0.463. The standard InChI is InChI=1S/C41H51N5O8S/c1-26-5-15-33(55(51,52)46-17-19-53-20-18-46)24-34(26)29-10-6-27(7-11-29)21-31(38(48)43-32-14-16-35-36(23-32)45-39(49)44-35)22-37(47)30-12-8-28(9-13-30)25-42-40(50)54-41(2,3)4/h5-7,10-11,14-16,23-24,28,30-31H,8-9,12-13,17-22,25H2,1-4H3,(H,42,50)(H,43,48)(H2,44,45,49)/t28?,30?,31-/m1/s1. The van der Waals surface area contributed by atoms with Gasteiger partial charge in [-0.2, -0.15) is 4.31 Å². The summed E-state index contributed by atoms with van der Waals surface area (Å²) in [5.41, 5.74) is 4.16. The largest absolute Gasteiger partial charge is 0.444 e. The minimum Gasteiger partial charge on any atom is -0.444 e. The number of ketones is 1. The van der Waals surface area contributed by atoms with Gasteiger partial charge in [0, 0.05) is 43.6 Å². The number of Topliss-reactive ketones (excluding diaryl/α,β-unsaturated/α-hetero) is 1. The lowest BCUT2D eigenvalue weighted by Gasteiger charge is -2.29. The average molecular weight is 774 g/mol. The Balaban J connectivity index is 1.15. The molecule has 2 heterocycles. The van der Waals surface area contributed by atoms with Crippen LogP contribution in [-0.2, 0) is 35.5 Å². The molecule has 0 spiro atoms. The predicted molar refractivity (Wildman–Crippen MR) is 210 cm³/mol. The number of H-pyrrole nitrogens is 2. The van der Waals surface area contributed by atoms with Crippen molar-refractivity contribution in [2.45, 2.75) is 76.7 Å². The maximum atomic E-state index is 13.9. The van der Waals surface area contributed by atoms with E-state index in [0.717, 1.165) is 35.1 Å². The molecule has 2 aliphatic rings. The SMILES string of the molecule is Cc1ccc(S(=O)(=O)N2CCOCC2)cc1-c1ccc(C[C@H](CC(=O)C2CCC(CNC(=O)OC(C)(C)C)CC2)C(=O)Nc2ccc3[nH]c(=O)[nH]c3c2)cc1. The van der Waals surface area contributed by atoms with Crippen LogP contribution in [0.25, 0.3) is 22.2 Å². The van der Waals surface area contributed by atoms with Gasteiger partial charge in [-0.05, 0) is 118 Å². The Labute approximate surface area is 321 Å². The van der Waals surface area contributed by atoms with Gasteiger partial charge in [-0.25, -0.2) is 18.0 Å². The van der Waals surface area contributed by atoms with Crippen molar-refractivity contribution >= 4 is 44.5 Å². The number of carbonyl (C=O) groups is 3. The van der Waals surface area contributed by atoms with E-state index >= 15 is 0 Å². The number of morpholine rings is 1. The van der Waals surface area contributed by atoms with Crippen LogP contribution in [-0.4, -0.2) is 78.9 Å². The van der Waals surface area contributed by atoms with Crippen LogP contribution in [0.1, 0.15) is 64.0 Å². The molecule has 0 radical (unpaired) electrons. The van der Waals surface area contributed by atoms with Gasteiger partial charge < -0.3 is 30.1 Å². The summed E-state index contributed by atoms with van der Waals surface area (Å²) in [6, 6.07) is 17.9. The first-order chi connectivity index (χ1) is 26.1. The Morgan fingerprint density at radius 3 is 2.31 bits per heavy atom. The zero-order chi connectivity index (χ0) is 39.3. The van der Waals surface area contributed by atoms with Crippen molar-refractivity contribution in [2.75, 3.05) is 38.2 Å². The van der Waals surface area contributed by atoms with Gasteiger partial charge in [0.2, 0.25) is 15.9 Å². The predicted octanol–water partition coefficient (Wildman–Crippen LogP) is 5.94. The number of fused-ring (bicyclic) bond motifs is 1. The number of amides is 2. The van der Waals surface area contributed by atoms with E-state index in [-0.39, 0.29) is 40.5 Å². The van der Waals surface area contributed by atoms with Crippen LogP contribution in [0, 0.1) is 24.7 Å². The third kappa shape index (κ3) is 10.3. The number of sulfonamides is 1. The molecule has 6 rings (SSSR count). The summed E-state index contributed by atoms with van der Waals surface area (Å²) in [6.45, 7) is 9.23. The number of anilines is 1. The highest BCUT2D eigenvalue weighted by atomic mass is 32.2. The zero-order valence-electron chi connectivity index (χ0n) is 31.9. The van der Waals surface area contributed by atoms with Crippen molar-refractivity contribution in [1.82, 2.24) is 19.6 Å². The van der Waals surface area contributed by atoms with Gasteiger partial charge in [-0.3, -0.25) is 9.59 Å². The fourth-order valence-electron chi connectivity index (χ4n) is 7.37. The molecule has 1 saturated heterocycles. The summed E-state index contributed by atoms with van der Waals surface area (Å²) in [6.07, 6.45) is 2.85. The maximum absolute atomic E-state index is 13.9. The lowest BCUT2D eigenvalue weighted by atomic mass is 9.77. The topological polar surface area (TPSA) is 180 Å². The van der Waals surface area contributed by atoms with Gasteiger partial charge in [-0.15, -0.1) is 0 Å². The van der Waals surface area contributed by atoms with E-state index in [0.29, 0.717) is 68.8 Å². The number of ether oxygens (including phenoxy) is 2. The number of aromatic amines is 2. The molecule has 294 valence electrons. The van der Waals surface area contributed by atoms with Gasteiger partial charge >= 0.3 is 11.8 Å². The summed E-state index contributed by atoms with van der Waals surface area (Å²) in [5.74, 6) is -0.875. The molecule has 3 aromatic carbocycles.